The molecule has 2 aromatic carbocycles. The standard InChI is InChI=1S/C20H20BrNO4/c1-13-8-9-17(16(21)12-13)22-20(25)14(2)26-19(24)11-10-18(23)15-6-4-3-5-7-15/h3-9,12,14H,10-11H2,1-2H3,(H,22,25)/t14-/m0/s1. The van der Waals surface area contributed by atoms with E-state index in [0.717, 1.165) is 10.0 Å². The van der Waals surface area contributed by atoms with Crippen molar-refractivity contribution in [2.24, 2.45) is 0 Å². The number of carbonyl (C=O) groups is 3. The van der Waals surface area contributed by atoms with Gasteiger partial charge in [-0.2, -0.15) is 0 Å². The lowest BCUT2D eigenvalue weighted by molar-refractivity contribution is -0.153. The van der Waals surface area contributed by atoms with Gasteiger partial charge in [-0.05, 0) is 47.5 Å². The topological polar surface area (TPSA) is 72.5 Å². The zero-order valence-corrected chi connectivity index (χ0v) is 16.2. The largest absolute Gasteiger partial charge is 0.453 e. The molecular weight excluding hydrogens is 398 g/mol. The molecule has 0 aliphatic heterocycles. The van der Waals surface area contributed by atoms with Crippen molar-refractivity contribution >= 4 is 39.3 Å². The molecule has 0 aliphatic carbocycles. The van der Waals surface area contributed by atoms with Crippen molar-refractivity contribution in [3.63, 3.8) is 0 Å². The molecule has 6 heteroatoms. The van der Waals surface area contributed by atoms with Crippen molar-refractivity contribution in [3.8, 4) is 0 Å². The molecule has 1 amide bonds. The minimum atomic E-state index is -0.956. The third-order valence-electron chi connectivity index (χ3n) is 3.71. The lowest BCUT2D eigenvalue weighted by Gasteiger charge is -2.14. The number of anilines is 1. The summed E-state index contributed by atoms with van der Waals surface area (Å²) in [5, 5.41) is 2.70. The van der Waals surface area contributed by atoms with Crippen molar-refractivity contribution < 1.29 is 19.1 Å². The number of amides is 1. The zero-order valence-electron chi connectivity index (χ0n) is 14.6. The molecule has 0 aliphatic rings. The summed E-state index contributed by atoms with van der Waals surface area (Å²) in [6.07, 6.45) is -0.984. The number of esters is 1. The number of hydrogen-bond donors (Lipinski definition) is 1. The summed E-state index contributed by atoms with van der Waals surface area (Å²) in [4.78, 5) is 36.0. The van der Waals surface area contributed by atoms with E-state index in [9.17, 15) is 14.4 Å². The fraction of sp³-hybridized carbons (Fsp3) is 0.250. The normalized spacial score (nSPS) is 11.5. The maximum Gasteiger partial charge on any atom is 0.307 e. The second kappa shape index (κ2) is 9.29. The molecule has 26 heavy (non-hydrogen) atoms. The van der Waals surface area contributed by atoms with E-state index in [0.29, 0.717) is 11.3 Å². The van der Waals surface area contributed by atoms with Crippen LogP contribution in [0.5, 0.6) is 0 Å². The van der Waals surface area contributed by atoms with Gasteiger partial charge in [0.05, 0.1) is 12.1 Å². The van der Waals surface area contributed by atoms with Crippen LogP contribution in [0, 0.1) is 6.92 Å². The van der Waals surface area contributed by atoms with E-state index >= 15 is 0 Å². The lowest BCUT2D eigenvalue weighted by atomic mass is 10.1. The van der Waals surface area contributed by atoms with Crippen LogP contribution in [0.15, 0.2) is 53.0 Å². The maximum atomic E-state index is 12.2. The van der Waals surface area contributed by atoms with Crippen LogP contribution in [0.3, 0.4) is 0 Å². The Morgan fingerprint density at radius 3 is 2.42 bits per heavy atom. The number of benzene rings is 2. The maximum absolute atomic E-state index is 12.2. The second-order valence-corrected chi connectivity index (χ2v) is 6.75. The van der Waals surface area contributed by atoms with Gasteiger partial charge in [0.25, 0.3) is 5.91 Å². The predicted molar refractivity (Wildman–Crippen MR) is 103 cm³/mol. The first-order valence-electron chi connectivity index (χ1n) is 8.21. The van der Waals surface area contributed by atoms with E-state index < -0.39 is 18.0 Å². The average molecular weight is 418 g/mol. The van der Waals surface area contributed by atoms with Gasteiger partial charge in [-0.15, -0.1) is 0 Å². The summed E-state index contributed by atoms with van der Waals surface area (Å²) in [5.74, 6) is -1.15. The summed E-state index contributed by atoms with van der Waals surface area (Å²) in [6.45, 7) is 3.44. The highest BCUT2D eigenvalue weighted by molar-refractivity contribution is 9.10. The number of hydrogen-bond acceptors (Lipinski definition) is 4. The van der Waals surface area contributed by atoms with Crippen molar-refractivity contribution in [1.29, 1.82) is 0 Å². The van der Waals surface area contributed by atoms with Crippen molar-refractivity contribution in [2.45, 2.75) is 32.8 Å². The summed E-state index contributed by atoms with van der Waals surface area (Å²) in [5.41, 5.74) is 2.20. The molecule has 5 nitrogen and oxygen atoms in total. The van der Waals surface area contributed by atoms with Crippen LogP contribution >= 0.6 is 15.9 Å². The molecule has 0 aromatic heterocycles. The van der Waals surface area contributed by atoms with E-state index in [4.69, 9.17) is 4.74 Å². The SMILES string of the molecule is Cc1ccc(NC(=O)[C@H](C)OC(=O)CCC(=O)c2ccccc2)c(Br)c1. The van der Waals surface area contributed by atoms with E-state index in [1.165, 1.54) is 6.92 Å². The van der Waals surface area contributed by atoms with Crippen molar-refractivity contribution in [2.75, 3.05) is 5.32 Å². The monoisotopic (exact) mass is 417 g/mol. The van der Waals surface area contributed by atoms with Crippen molar-refractivity contribution in [3.05, 3.63) is 64.1 Å². The van der Waals surface area contributed by atoms with E-state index in [1.54, 1.807) is 30.3 Å². The van der Waals surface area contributed by atoms with Gasteiger partial charge in [0.2, 0.25) is 0 Å². The number of ketones is 1. The van der Waals surface area contributed by atoms with Crippen LogP contribution < -0.4 is 5.32 Å². The van der Waals surface area contributed by atoms with Gasteiger partial charge >= 0.3 is 5.97 Å². The van der Waals surface area contributed by atoms with Gasteiger partial charge in [-0.1, -0.05) is 36.4 Å². The van der Waals surface area contributed by atoms with Gasteiger partial charge in [0.15, 0.2) is 11.9 Å². The number of aryl methyl sites for hydroxylation is 1. The molecule has 1 atom stereocenters. The van der Waals surface area contributed by atoms with Gasteiger partial charge < -0.3 is 10.1 Å². The highest BCUT2D eigenvalue weighted by atomic mass is 79.9. The number of ether oxygens (including phenoxy) is 1. The molecule has 2 aromatic rings. The molecule has 0 saturated heterocycles. The molecule has 0 radical (unpaired) electrons. The third kappa shape index (κ3) is 5.81. The fourth-order valence-corrected chi connectivity index (χ4v) is 2.84. The van der Waals surface area contributed by atoms with Gasteiger partial charge in [-0.3, -0.25) is 14.4 Å². The summed E-state index contributed by atoms with van der Waals surface area (Å²) in [6, 6.07) is 14.3. The Balaban J connectivity index is 1.82. The molecule has 0 fully saturated rings. The minimum absolute atomic E-state index is 0.0424. The molecule has 0 bridgehead atoms. The number of nitrogens with one attached hydrogen (secondary N) is 1. The first-order chi connectivity index (χ1) is 12.4. The van der Waals surface area contributed by atoms with Crippen LogP contribution in [-0.4, -0.2) is 23.8 Å². The Morgan fingerprint density at radius 1 is 1.08 bits per heavy atom. The molecule has 136 valence electrons. The van der Waals surface area contributed by atoms with Crippen LogP contribution in [0.4, 0.5) is 5.69 Å². The first kappa shape index (κ1) is 19.8. The van der Waals surface area contributed by atoms with E-state index in [1.807, 2.05) is 25.1 Å². The minimum Gasteiger partial charge on any atom is -0.453 e. The zero-order chi connectivity index (χ0) is 19.1. The number of rotatable bonds is 7. The molecule has 0 saturated carbocycles. The van der Waals surface area contributed by atoms with Crippen LogP contribution in [-0.2, 0) is 14.3 Å². The molecule has 0 spiro atoms. The van der Waals surface area contributed by atoms with Crippen LogP contribution in [0.2, 0.25) is 0 Å². The summed E-state index contributed by atoms with van der Waals surface area (Å²) in [7, 11) is 0. The lowest BCUT2D eigenvalue weighted by Crippen LogP contribution is -2.30. The molecule has 2 rings (SSSR count). The van der Waals surface area contributed by atoms with E-state index in [-0.39, 0.29) is 18.6 Å². The Kier molecular flexibility index (Phi) is 7.09. The number of Topliss-reactive ketones (excluding diaryl/α,β-unsaturated/α-hetero) is 1. The quantitative estimate of drug-likeness (QED) is 0.538. The second-order valence-electron chi connectivity index (χ2n) is 5.89. The van der Waals surface area contributed by atoms with Crippen LogP contribution in [0.1, 0.15) is 35.7 Å². The highest BCUT2D eigenvalue weighted by Gasteiger charge is 2.19. The molecule has 0 unspecified atom stereocenters. The van der Waals surface area contributed by atoms with Gasteiger partial charge in [0, 0.05) is 16.5 Å². The predicted octanol–water partition coefficient (Wildman–Crippen LogP) is 4.29. The number of halogens is 1. The fourth-order valence-electron chi connectivity index (χ4n) is 2.25. The first-order valence-corrected chi connectivity index (χ1v) is 9.01. The van der Waals surface area contributed by atoms with Crippen molar-refractivity contribution in [1.82, 2.24) is 0 Å². The van der Waals surface area contributed by atoms with Crippen LogP contribution in [0.25, 0.3) is 0 Å². The Labute approximate surface area is 160 Å². The van der Waals surface area contributed by atoms with E-state index in [2.05, 4.69) is 21.2 Å². The molecule has 0 heterocycles. The van der Waals surface area contributed by atoms with Gasteiger partial charge in [-0.25, -0.2) is 0 Å². The molecule has 1 N–H and O–H groups in total. The number of carbonyl (C=O) groups excluding carboxylic acids is 3. The average Bonchev–Trinajstić information content (AvgIpc) is 2.62. The summed E-state index contributed by atoms with van der Waals surface area (Å²) < 4.78 is 5.86. The van der Waals surface area contributed by atoms with Gasteiger partial charge in [0.1, 0.15) is 0 Å². The smallest absolute Gasteiger partial charge is 0.307 e. The highest BCUT2D eigenvalue weighted by Crippen LogP contribution is 2.23. The Bertz CT molecular complexity index is 805. The Morgan fingerprint density at radius 2 is 1.77 bits per heavy atom. The molecular formula is C20H20BrNO4. The third-order valence-corrected chi connectivity index (χ3v) is 4.37. The Hall–Kier alpha value is -2.47. The summed E-state index contributed by atoms with van der Waals surface area (Å²) >= 11 is 3.38.